The molecule has 3 nitrogen and oxygen atoms in total. The molecule has 0 radical (unpaired) electrons. The lowest BCUT2D eigenvalue weighted by Gasteiger charge is -1.90. The lowest BCUT2D eigenvalue weighted by atomic mass is 10.4. The predicted octanol–water partition coefficient (Wildman–Crippen LogP) is -0.582. The molecular weight excluding hydrogens is 82.0 g/mol. The first-order valence-electron chi connectivity index (χ1n) is 1.97. The molecule has 0 aliphatic heterocycles. The summed E-state index contributed by atoms with van der Waals surface area (Å²) in [6.45, 7) is 1.11. The van der Waals surface area contributed by atoms with E-state index in [1.807, 2.05) is 0 Å². The Morgan fingerprint density at radius 3 is 2.50 bits per heavy atom. The Morgan fingerprint density at radius 1 is 2.33 bits per heavy atom. The van der Waals surface area contributed by atoms with Gasteiger partial charge in [-0.05, 0) is 6.92 Å². The number of nitrogens with two attached hydrogens (primary N) is 1. The van der Waals surface area contributed by atoms with Gasteiger partial charge in [0.2, 0.25) is 0 Å². The second kappa shape index (κ2) is 1.77. The van der Waals surface area contributed by atoms with Crippen molar-refractivity contribution in [2.24, 2.45) is 5.73 Å². The average Bonchev–Trinajstić information content (AvgIpc) is 1.31. The molecule has 1 atom stereocenters. The molecule has 0 aliphatic carbocycles. The predicted molar refractivity (Wildman–Crippen MR) is 21.3 cm³/mol. The van der Waals surface area contributed by atoms with Crippen LogP contribution in [-0.4, -0.2) is 17.1 Å². The van der Waals surface area contributed by atoms with E-state index in [4.69, 9.17) is 12.2 Å². The molecule has 0 heterocycles. The maximum atomic E-state index is 9.71. The Hall–Kier alpha value is -0.570. The summed E-state index contributed by atoms with van der Waals surface area (Å²) in [6.07, 6.45) is 0. The van der Waals surface area contributed by atoms with Crippen molar-refractivity contribution in [1.29, 1.82) is 0 Å². The third kappa shape index (κ3) is 1.72. The van der Waals surface area contributed by atoms with Crippen LogP contribution in [0, 0.1) is 0 Å². The van der Waals surface area contributed by atoms with Crippen molar-refractivity contribution < 1.29 is 11.3 Å². The van der Waals surface area contributed by atoms with E-state index in [0.29, 0.717) is 0 Å². The third-order valence-electron chi connectivity index (χ3n) is 0.337. The number of carboxylic acid groups (broad SMARTS) is 1. The van der Waals surface area contributed by atoms with Crippen molar-refractivity contribution in [2.75, 3.05) is 0 Å². The van der Waals surface area contributed by atoms with Gasteiger partial charge in [0.25, 0.3) is 0 Å². The smallest absolute Gasteiger partial charge is 0.320 e. The lowest BCUT2D eigenvalue weighted by molar-refractivity contribution is -0.138. The monoisotopic (exact) mass is 90.1 g/mol. The molecule has 6 heavy (non-hydrogen) atoms. The Labute approximate surface area is 37.2 Å². The summed E-state index contributed by atoms with van der Waals surface area (Å²) in [6, 6.07) is -1.83. The molecule has 0 rings (SSSR count). The van der Waals surface area contributed by atoms with Crippen LogP contribution in [-0.2, 0) is 4.79 Å². The number of hydrogen-bond donors (Lipinski definition) is 2. The maximum Gasteiger partial charge on any atom is 0.320 e. The fraction of sp³-hybridized carbons (Fsp3) is 0.667. The summed E-state index contributed by atoms with van der Waals surface area (Å²) in [5.74, 6) is -1.31. The van der Waals surface area contributed by atoms with E-state index in [9.17, 15) is 4.79 Å². The van der Waals surface area contributed by atoms with Crippen molar-refractivity contribution >= 4 is 5.97 Å². The highest BCUT2D eigenvalue weighted by Crippen LogP contribution is 1.68. The third-order valence-corrected chi connectivity index (χ3v) is 0.337. The molecule has 0 spiro atoms. The summed E-state index contributed by atoms with van der Waals surface area (Å²) in [4.78, 5) is 9.71. The number of carbonyl (C=O) groups is 1. The molecule has 0 fully saturated rings. The van der Waals surface area contributed by atoms with E-state index in [1.165, 1.54) is 0 Å². The fourth-order valence-electron chi connectivity index (χ4n) is 0. The van der Waals surface area contributed by atoms with Gasteiger partial charge in [-0.2, -0.15) is 0 Å². The van der Waals surface area contributed by atoms with Gasteiger partial charge < -0.3 is 10.8 Å². The molecule has 0 saturated heterocycles. The van der Waals surface area contributed by atoms with Crippen LogP contribution >= 0.6 is 0 Å². The van der Waals surface area contributed by atoms with Gasteiger partial charge in [0.1, 0.15) is 6.02 Å². The Morgan fingerprint density at radius 2 is 2.50 bits per heavy atom. The largest absolute Gasteiger partial charge is 0.480 e. The zero-order chi connectivity index (χ0) is 6.08. The quantitative estimate of drug-likeness (QED) is 0.452. The highest BCUT2D eigenvalue weighted by molar-refractivity contribution is 5.72. The van der Waals surface area contributed by atoms with Crippen LogP contribution in [0.1, 0.15) is 8.29 Å². The molecule has 0 bridgehead atoms. The van der Waals surface area contributed by atoms with E-state index in [-0.39, 0.29) is 0 Å². The number of aliphatic carboxylic acids is 1. The van der Waals surface area contributed by atoms with E-state index in [2.05, 4.69) is 0 Å². The van der Waals surface area contributed by atoms with E-state index < -0.39 is 12.0 Å². The second-order valence-electron chi connectivity index (χ2n) is 0.988. The first kappa shape index (κ1) is 3.61. The summed E-state index contributed by atoms with van der Waals surface area (Å²) in [5.41, 5.74) is 4.75. The molecule has 0 aromatic carbocycles. The maximum absolute atomic E-state index is 9.71. The van der Waals surface area contributed by atoms with E-state index >= 15 is 0 Å². The van der Waals surface area contributed by atoms with Gasteiger partial charge in [-0.25, -0.2) is 0 Å². The van der Waals surface area contributed by atoms with Gasteiger partial charge in [0.15, 0.2) is 0 Å². The van der Waals surface area contributed by atoms with Crippen LogP contribution < -0.4 is 5.73 Å². The minimum Gasteiger partial charge on any atom is -0.480 e. The minimum absolute atomic E-state index is 1.11. The number of carboxylic acids is 1. The van der Waals surface area contributed by atoms with Crippen LogP contribution in [0.3, 0.4) is 0 Å². The van der Waals surface area contributed by atoms with Gasteiger partial charge in [0, 0.05) is 0 Å². The van der Waals surface area contributed by atoms with E-state index in [1.54, 1.807) is 0 Å². The molecule has 36 valence electrons. The molecule has 0 aliphatic rings. The topological polar surface area (TPSA) is 63.3 Å². The van der Waals surface area contributed by atoms with Crippen molar-refractivity contribution in [2.45, 2.75) is 12.9 Å². The first-order chi connectivity index (χ1) is 2.94. The van der Waals surface area contributed by atoms with Crippen molar-refractivity contribution in [3.63, 3.8) is 0 Å². The number of rotatable bonds is 1. The van der Waals surface area contributed by atoms with Gasteiger partial charge in [-0.3, -0.25) is 4.79 Å². The van der Waals surface area contributed by atoms with Crippen LogP contribution in [0.4, 0.5) is 0 Å². The van der Waals surface area contributed by atoms with Gasteiger partial charge in [0.05, 0.1) is 1.37 Å². The molecular formula is C3H7NO2. The fourth-order valence-corrected chi connectivity index (χ4v) is 0. The van der Waals surface area contributed by atoms with Gasteiger partial charge >= 0.3 is 5.97 Å². The molecule has 0 saturated carbocycles. The number of hydrogen-bond acceptors (Lipinski definition) is 2. The molecule has 0 aromatic heterocycles. The highest BCUT2D eigenvalue weighted by Gasteiger charge is 1.99. The average molecular weight is 90.1 g/mol. The summed E-state index contributed by atoms with van der Waals surface area (Å²) >= 11 is 0. The zero-order valence-corrected chi connectivity index (χ0v) is 3.43. The lowest BCUT2D eigenvalue weighted by Crippen LogP contribution is -2.25. The Bertz CT molecular complexity index is 85.4. The normalized spacial score (nSPS) is 21.3. The molecule has 3 heteroatoms. The molecule has 0 unspecified atom stereocenters. The summed E-state index contributed by atoms with van der Waals surface area (Å²) in [5, 5.41) is 7.94. The Kier molecular flexibility index (Phi) is 1.06. The Balaban J connectivity index is 3.79. The molecule has 0 amide bonds. The zero-order valence-electron chi connectivity index (χ0n) is 4.43. The summed E-state index contributed by atoms with van der Waals surface area (Å²) < 4.78 is 6.56. The van der Waals surface area contributed by atoms with Crippen LogP contribution in [0.5, 0.6) is 0 Å². The summed E-state index contributed by atoms with van der Waals surface area (Å²) in [7, 11) is 0. The van der Waals surface area contributed by atoms with Crippen molar-refractivity contribution in [3.8, 4) is 0 Å². The second-order valence-corrected chi connectivity index (χ2v) is 0.988. The van der Waals surface area contributed by atoms with Gasteiger partial charge in [-0.1, -0.05) is 0 Å². The molecule has 3 N–H and O–H groups in total. The molecule has 0 aromatic rings. The first-order valence-corrected chi connectivity index (χ1v) is 1.47. The van der Waals surface area contributed by atoms with Crippen LogP contribution in [0.25, 0.3) is 0 Å². The SMILES string of the molecule is [2H][C@](C)(N)C(=O)O. The van der Waals surface area contributed by atoms with Crippen LogP contribution in [0.15, 0.2) is 0 Å². The minimum atomic E-state index is -1.83. The van der Waals surface area contributed by atoms with Crippen molar-refractivity contribution in [3.05, 3.63) is 0 Å². The van der Waals surface area contributed by atoms with Crippen LogP contribution in [0.2, 0.25) is 0 Å². The van der Waals surface area contributed by atoms with Crippen molar-refractivity contribution in [1.82, 2.24) is 0 Å². The van der Waals surface area contributed by atoms with E-state index in [0.717, 1.165) is 6.92 Å². The standard InChI is InChI=1S/C3H7NO2/c1-2(4)3(5)6/h2H,4H2,1H3,(H,5,6)/t2-/m1/s1/i2D. The highest BCUT2D eigenvalue weighted by atomic mass is 16.4. The van der Waals surface area contributed by atoms with Gasteiger partial charge in [-0.15, -0.1) is 0 Å².